The Kier molecular flexibility index (Phi) is 5.90. The molecule has 0 spiro atoms. The normalized spacial score (nSPS) is 31.4. The molecule has 4 nitrogen and oxygen atoms in total. The molecular formula is C14H25BO4. The number of allylic oxidation sites excluding steroid dienone is 1. The number of rotatable bonds is 7. The fourth-order valence-electron chi connectivity index (χ4n) is 1.93. The maximum atomic E-state index is 5.97. The molecule has 0 aromatic rings. The van der Waals surface area contributed by atoms with E-state index in [0.717, 1.165) is 0 Å². The Morgan fingerprint density at radius 3 is 2.58 bits per heavy atom. The van der Waals surface area contributed by atoms with Gasteiger partial charge < -0.3 is 18.9 Å². The molecule has 1 saturated heterocycles. The highest BCUT2D eigenvalue weighted by atomic mass is 16.6. The quantitative estimate of drug-likeness (QED) is 0.522. The lowest BCUT2D eigenvalue weighted by Gasteiger charge is -2.27. The van der Waals surface area contributed by atoms with Crippen molar-refractivity contribution in [2.75, 3.05) is 20.3 Å². The van der Waals surface area contributed by atoms with Gasteiger partial charge in [-0.3, -0.25) is 0 Å². The van der Waals surface area contributed by atoms with Gasteiger partial charge in [0.05, 0.1) is 30.2 Å². The summed E-state index contributed by atoms with van der Waals surface area (Å²) >= 11 is 0. The zero-order chi connectivity index (χ0) is 14.6. The smallest absolute Gasteiger partial charge is 0.114 e. The predicted molar refractivity (Wildman–Crippen MR) is 75.2 cm³/mol. The first kappa shape index (κ1) is 16.5. The van der Waals surface area contributed by atoms with Gasteiger partial charge in [0.15, 0.2) is 0 Å². The van der Waals surface area contributed by atoms with Crippen molar-refractivity contribution in [3.05, 3.63) is 12.3 Å². The van der Waals surface area contributed by atoms with E-state index >= 15 is 0 Å². The molecule has 1 aliphatic heterocycles. The van der Waals surface area contributed by atoms with Crippen LogP contribution in [0.3, 0.4) is 0 Å². The van der Waals surface area contributed by atoms with Crippen molar-refractivity contribution >= 4 is 7.85 Å². The van der Waals surface area contributed by atoms with Crippen LogP contribution in [0.25, 0.3) is 0 Å². The fourth-order valence-corrected chi connectivity index (χ4v) is 1.93. The Bertz CT molecular complexity index is 306. The van der Waals surface area contributed by atoms with E-state index in [9.17, 15) is 0 Å². The lowest BCUT2D eigenvalue weighted by atomic mass is 9.88. The summed E-state index contributed by atoms with van der Waals surface area (Å²) in [6.07, 6.45) is -0.212. The van der Waals surface area contributed by atoms with Gasteiger partial charge in [-0.1, -0.05) is 13.5 Å². The van der Waals surface area contributed by atoms with Crippen molar-refractivity contribution in [2.24, 2.45) is 5.92 Å². The standard InChI is InChI=1S/C14H25BO4/c1-9(2)17-7-11-10(3)12(13(15)19-11)18-8-14(4,5)16-6/h10-13H,1,7-8H2,2-6H3. The van der Waals surface area contributed by atoms with Gasteiger partial charge in [-0.25, -0.2) is 0 Å². The molecule has 0 N–H and O–H groups in total. The monoisotopic (exact) mass is 268 g/mol. The van der Waals surface area contributed by atoms with Crippen molar-refractivity contribution in [3.8, 4) is 0 Å². The summed E-state index contributed by atoms with van der Waals surface area (Å²) in [6, 6.07) is -0.429. The van der Waals surface area contributed by atoms with Crippen LogP contribution in [0.2, 0.25) is 0 Å². The van der Waals surface area contributed by atoms with Crippen LogP contribution in [-0.4, -0.2) is 52.0 Å². The van der Waals surface area contributed by atoms with Crippen LogP contribution in [0.1, 0.15) is 27.7 Å². The van der Waals surface area contributed by atoms with Crippen molar-refractivity contribution < 1.29 is 18.9 Å². The van der Waals surface area contributed by atoms with Crippen LogP contribution in [-0.2, 0) is 18.9 Å². The van der Waals surface area contributed by atoms with E-state index in [-0.39, 0.29) is 23.7 Å². The first-order valence-electron chi connectivity index (χ1n) is 6.63. The number of methoxy groups -OCH3 is 1. The van der Waals surface area contributed by atoms with Crippen LogP contribution in [0, 0.1) is 5.92 Å². The lowest BCUT2D eigenvalue weighted by Crippen LogP contribution is -2.37. The van der Waals surface area contributed by atoms with E-state index < -0.39 is 6.00 Å². The van der Waals surface area contributed by atoms with E-state index in [4.69, 9.17) is 26.8 Å². The maximum absolute atomic E-state index is 5.97. The summed E-state index contributed by atoms with van der Waals surface area (Å²) in [6.45, 7) is 12.5. The third-order valence-electron chi connectivity index (χ3n) is 3.43. The molecule has 0 aliphatic carbocycles. The first-order valence-corrected chi connectivity index (χ1v) is 6.63. The molecule has 5 heteroatoms. The minimum Gasteiger partial charge on any atom is -0.496 e. The minimum atomic E-state index is -0.429. The maximum Gasteiger partial charge on any atom is 0.114 e. The first-order chi connectivity index (χ1) is 8.76. The second-order valence-corrected chi connectivity index (χ2v) is 5.75. The molecule has 1 aliphatic rings. The second-order valence-electron chi connectivity index (χ2n) is 5.75. The van der Waals surface area contributed by atoms with Gasteiger partial charge in [-0.05, 0) is 20.8 Å². The van der Waals surface area contributed by atoms with Gasteiger partial charge in [0.25, 0.3) is 0 Å². The molecule has 108 valence electrons. The van der Waals surface area contributed by atoms with Gasteiger partial charge in [-0.2, -0.15) is 0 Å². The van der Waals surface area contributed by atoms with Crippen LogP contribution < -0.4 is 0 Å². The van der Waals surface area contributed by atoms with E-state index in [0.29, 0.717) is 19.0 Å². The molecule has 0 saturated carbocycles. The summed E-state index contributed by atoms with van der Waals surface area (Å²) in [4.78, 5) is 0. The highest BCUT2D eigenvalue weighted by Gasteiger charge is 2.40. The largest absolute Gasteiger partial charge is 0.496 e. The zero-order valence-electron chi connectivity index (χ0n) is 12.6. The molecule has 19 heavy (non-hydrogen) atoms. The van der Waals surface area contributed by atoms with Crippen LogP contribution >= 0.6 is 0 Å². The molecule has 4 unspecified atom stereocenters. The summed E-state index contributed by atoms with van der Waals surface area (Å²) in [5.74, 6) is 0.844. The molecule has 1 rings (SSSR count). The van der Waals surface area contributed by atoms with Gasteiger partial charge in [0, 0.05) is 19.0 Å². The van der Waals surface area contributed by atoms with E-state index in [1.165, 1.54) is 0 Å². The Morgan fingerprint density at radius 1 is 1.42 bits per heavy atom. The number of hydrogen-bond acceptors (Lipinski definition) is 4. The molecular weight excluding hydrogens is 243 g/mol. The van der Waals surface area contributed by atoms with Crippen molar-refractivity contribution in [1.29, 1.82) is 0 Å². The van der Waals surface area contributed by atoms with Crippen molar-refractivity contribution in [1.82, 2.24) is 0 Å². The average Bonchev–Trinajstić information content (AvgIpc) is 2.60. The molecule has 0 aromatic heterocycles. The lowest BCUT2D eigenvalue weighted by molar-refractivity contribution is -0.0860. The number of hydrogen-bond donors (Lipinski definition) is 0. The van der Waals surface area contributed by atoms with E-state index in [1.54, 1.807) is 7.11 Å². The van der Waals surface area contributed by atoms with Crippen molar-refractivity contribution in [2.45, 2.75) is 51.5 Å². The molecule has 1 fully saturated rings. The third-order valence-corrected chi connectivity index (χ3v) is 3.43. The van der Waals surface area contributed by atoms with Crippen LogP contribution in [0.15, 0.2) is 12.3 Å². The molecule has 0 bridgehead atoms. The van der Waals surface area contributed by atoms with Gasteiger partial charge in [0.1, 0.15) is 14.5 Å². The van der Waals surface area contributed by atoms with Crippen molar-refractivity contribution in [3.63, 3.8) is 0 Å². The summed E-state index contributed by atoms with van der Waals surface area (Å²) in [5, 5.41) is 0. The molecule has 4 atom stereocenters. The average molecular weight is 268 g/mol. The second kappa shape index (κ2) is 6.77. The summed E-state index contributed by atoms with van der Waals surface area (Å²) in [7, 11) is 7.64. The Hall–Kier alpha value is -0.515. The topological polar surface area (TPSA) is 36.9 Å². The predicted octanol–water partition coefficient (Wildman–Crippen LogP) is 1.88. The highest BCUT2D eigenvalue weighted by Crippen LogP contribution is 2.29. The van der Waals surface area contributed by atoms with E-state index in [2.05, 4.69) is 13.5 Å². The SMILES string of the molecule is [B]C1OC(COC(=C)C)C(C)C1OCC(C)(C)OC. The minimum absolute atomic E-state index is 0.0673. The Balaban J connectivity index is 2.49. The Morgan fingerprint density at radius 2 is 2.05 bits per heavy atom. The third kappa shape index (κ3) is 4.82. The summed E-state index contributed by atoms with van der Waals surface area (Å²) < 4.78 is 22.3. The van der Waals surface area contributed by atoms with E-state index in [1.807, 2.05) is 20.8 Å². The molecule has 0 amide bonds. The fraction of sp³-hybridized carbons (Fsp3) is 0.857. The van der Waals surface area contributed by atoms with Gasteiger partial charge in [0.2, 0.25) is 0 Å². The Labute approximate surface area is 117 Å². The van der Waals surface area contributed by atoms with Gasteiger partial charge >= 0.3 is 0 Å². The van der Waals surface area contributed by atoms with Crippen LogP contribution in [0.5, 0.6) is 0 Å². The molecule has 2 radical (unpaired) electrons. The van der Waals surface area contributed by atoms with Crippen LogP contribution in [0.4, 0.5) is 0 Å². The highest BCUT2D eigenvalue weighted by molar-refractivity contribution is 6.11. The van der Waals surface area contributed by atoms with Gasteiger partial charge in [-0.15, -0.1) is 0 Å². The molecule has 0 aromatic carbocycles. The summed E-state index contributed by atoms with van der Waals surface area (Å²) in [5.41, 5.74) is -0.328. The number of ether oxygens (including phenoxy) is 4. The zero-order valence-corrected chi connectivity index (χ0v) is 12.6. The molecule has 1 heterocycles.